The Bertz CT molecular complexity index is 1110. The maximum Gasteiger partial charge on any atom is 0.309 e. The summed E-state index contributed by atoms with van der Waals surface area (Å²) < 4.78 is 1.29. The number of nitrogens with zero attached hydrogens (tertiary/aromatic N) is 3. The zero-order valence-electron chi connectivity index (χ0n) is 16.0. The van der Waals surface area contributed by atoms with Gasteiger partial charge in [-0.05, 0) is 26.0 Å². The molecule has 29 heavy (non-hydrogen) atoms. The highest BCUT2D eigenvalue weighted by Crippen LogP contribution is 2.27. The summed E-state index contributed by atoms with van der Waals surface area (Å²) in [7, 11) is 0. The van der Waals surface area contributed by atoms with E-state index in [1.807, 2.05) is 30.3 Å². The third-order valence-corrected chi connectivity index (χ3v) is 4.28. The number of aryl methyl sites for hydroxylation is 1. The van der Waals surface area contributed by atoms with Crippen molar-refractivity contribution in [1.29, 1.82) is 0 Å². The minimum atomic E-state index is -0.982. The molecule has 2 aromatic heterocycles. The number of aliphatic carboxylic acids is 1. The van der Waals surface area contributed by atoms with E-state index in [0.717, 1.165) is 5.56 Å². The summed E-state index contributed by atoms with van der Waals surface area (Å²) in [6, 6.07) is 12.4. The zero-order valence-corrected chi connectivity index (χ0v) is 16.0. The number of nitrogens with one attached hydrogen (secondary N) is 1. The van der Waals surface area contributed by atoms with Crippen LogP contribution in [0.15, 0.2) is 53.5 Å². The third kappa shape index (κ3) is 4.37. The van der Waals surface area contributed by atoms with Gasteiger partial charge < -0.3 is 10.4 Å². The molecule has 0 aliphatic heterocycles. The topological polar surface area (TPSA) is 114 Å². The second-order valence-electron chi connectivity index (χ2n) is 6.38. The summed E-state index contributed by atoms with van der Waals surface area (Å²) in [6.45, 7) is 3.52. The number of carboxylic acid groups (broad SMARTS) is 1. The summed E-state index contributed by atoms with van der Waals surface area (Å²) in [4.78, 5) is 40.3. The van der Waals surface area contributed by atoms with Crippen LogP contribution in [0.1, 0.15) is 29.9 Å². The van der Waals surface area contributed by atoms with Gasteiger partial charge in [0.15, 0.2) is 5.78 Å². The summed E-state index contributed by atoms with van der Waals surface area (Å²) in [5, 5.41) is 16.2. The Labute approximate surface area is 166 Å². The summed E-state index contributed by atoms with van der Waals surface area (Å²) >= 11 is 0. The van der Waals surface area contributed by atoms with E-state index >= 15 is 0 Å². The number of hydrogen-bond acceptors (Lipinski definition) is 6. The SMILES string of the molecule is CCn1nc(-c2ccccc2)c(C(C)=O)c(Nc2ccc(CC(=O)O)nc2)c1=O. The first-order chi connectivity index (χ1) is 13.9. The van der Waals surface area contributed by atoms with Gasteiger partial charge in [0.05, 0.1) is 29.6 Å². The predicted octanol–water partition coefficient (Wildman–Crippen LogP) is 2.90. The van der Waals surface area contributed by atoms with E-state index in [-0.39, 0.29) is 23.5 Å². The van der Waals surface area contributed by atoms with E-state index in [2.05, 4.69) is 15.4 Å². The van der Waals surface area contributed by atoms with Crippen molar-refractivity contribution in [3.63, 3.8) is 0 Å². The lowest BCUT2D eigenvalue weighted by Gasteiger charge is -2.16. The Morgan fingerprint density at radius 3 is 2.41 bits per heavy atom. The number of benzene rings is 1. The summed E-state index contributed by atoms with van der Waals surface area (Å²) in [5.41, 5.74) is 1.87. The van der Waals surface area contributed by atoms with Crippen molar-refractivity contribution in [3.05, 3.63) is 70.3 Å². The molecule has 0 fully saturated rings. The monoisotopic (exact) mass is 392 g/mol. The molecule has 0 unspecified atom stereocenters. The fourth-order valence-corrected chi connectivity index (χ4v) is 2.94. The Morgan fingerprint density at radius 2 is 1.86 bits per heavy atom. The minimum Gasteiger partial charge on any atom is -0.481 e. The van der Waals surface area contributed by atoms with Crippen molar-refractivity contribution in [3.8, 4) is 11.3 Å². The van der Waals surface area contributed by atoms with Gasteiger partial charge in [-0.15, -0.1) is 0 Å². The van der Waals surface area contributed by atoms with E-state index in [9.17, 15) is 14.4 Å². The molecule has 0 amide bonds. The Balaban J connectivity index is 2.13. The highest BCUT2D eigenvalue weighted by molar-refractivity contribution is 6.05. The normalized spacial score (nSPS) is 10.6. The Kier molecular flexibility index (Phi) is 5.82. The molecule has 3 aromatic rings. The predicted molar refractivity (Wildman–Crippen MR) is 108 cm³/mol. The van der Waals surface area contributed by atoms with Gasteiger partial charge in [0.1, 0.15) is 11.4 Å². The second-order valence-corrected chi connectivity index (χ2v) is 6.38. The van der Waals surface area contributed by atoms with Crippen LogP contribution in [0.3, 0.4) is 0 Å². The number of anilines is 2. The zero-order chi connectivity index (χ0) is 21.0. The molecule has 0 spiro atoms. The van der Waals surface area contributed by atoms with E-state index in [1.54, 1.807) is 19.1 Å². The number of carbonyl (C=O) groups excluding carboxylic acids is 1. The van der Waals surface area contributed by atoms with Gasteiger partial charge in [0.25, 0.3) is 5.56 Å². The van der Waals surface area contributed by atoms with Gasteiger partial charge in [-0.1, -0.05) is 30.3 Å². The maximum atomic E-state index is 12.9. The molecule has 0 aliphatic rings. The van der Waals surface area contributed by atoms with Crippen molar-refractivity contribution in [2.45, 2.75) is 26.8 Å². The molecule has 0 aliphatic carbocycles. The Hall–Kier alpha value is -3.81. The van der Waals surface area contributed by atoms with Crippen LogP contribution in [0, 0.1) is 0 Å². The molecule has 0 saturated carbocycles. The maximum absolute atomic E-state index is 12.9. The lowest BCUT2D eigenvalue weighted by molar-refractivity contribution is -0.136. The van der Waals surface area contributed by atoms with Crippen LogP contribution < -0.4 is 10.9 Å². The molecule has 148 valence electrons. The number of rotatable bonds is 7. The van der Waals surface area contributed by atoms with Gasteiger partial charge in [-0.3, -0.25) is 19.4 Å². The van der Waals surface area contributed by atoms with Crippen LogP contribution in [0.4, 0.5) is 11.4 Å². The number of carboxylic acids is 1. The van der Waals surface area contributed by atoms with Crippen LogP contribution in [-0.2, 0) is 17.8 Å². The van der Waals surface area contributed by atoms with Crippen molar-refractivity contribution in [2.75, 3.05) is 5.32 Å². The quantitative estimate of drug-likeness (QED) is 0.594. The lowest BCUT2D eigenvalue weighted by atomic mass is 10.0. The third-order valence-electron chi connectivity index (χ3n) is 4.28. The van der Waals surface area contributed by atoms with Crippen molar-refractivity contribution >= 4 is 23.1 Å². The number of pyridine rings is 1. The smallest absolute Gasteiger partial charge is 0.309 e. The van der Waals surface area contributed by atoms with Crippen LogP contribution in [-0.4, -0.2) is 31.6 Å². The van der Waals surface area contributed by atoms with Gasteiger partial charge in [-0.25, -0.2) is 4.68 Å². The van der Waals surface area contributed by atoms with Crippen LogP contribution in [0.2, 0.25) is 0 Å². The molecule has 2 heterocycles. The van der Waals surface area contributed by atoms with Crippen molar-refractivity contribution in [2.24, 2.45) is 0 Å². The number of Topliss-reactive ketones (excluding diaryl/α,β-unsaturated/α-hetero) is 1. The van der Waals surface area contributed by atoms with Crippen molar-refractivity contribution in [1.82, 2.24) is 14.8 Å². The highest BCUT2D eigenvalue weighted by Gasteiger charge is 2.22. The van der Waals surface area contributed by atoms with Crippen molar-refractivity contribution < 1.29 is 14.7 Å². The number of hydrogen-bond donors (Lipinski definition) is 2. The fraction of sp³-hybridized carbons (Fsp3) is 0.190. The average Bonchev–Trinajstić information content (AvgIpc) is 2.70. The van der Waals surface area contributed by atoms with E-state index in [1.165, 1.54) is 17.8 Å². The first-order valence-corrected chi connectivity index (χ1v) is 9.06. The van der Waals surface area contributed by atoms with Gasteiger partial charge in [-0.2, -0.15) is 5.10 Å². The minimum absolute atomic E-state index is 0.112. The first kappa shape index (κ1) is 19.9. The molecule has 0 atom stereocenters. The molecule has 1 aromatic carbocycles. The highest BCUT2D eigenvalue weighted by atomic mass is 16.4. The average molecular weight is 392 g/mol. The van der Waals surface area contributed by atoms with Gasteiger partial charge in [0, 0.05) is 12.1 Å². The molecule has 0 bridgehead atoms. The second kappa shape index (κ2) is 8.47. The van der Waals surface area contributed by atoms with Crippen LogP contribution in [0.25, 0.3) is 11.3 Å². The fourth-order valence-electron chi connectivity index (χ4n) is 2.94. The summed E-state index contributed by atoms with van der Waals surface area (Å²) in [5.74, 6) is -1.28. The van der Waals surface area contributed by atoms with E-state index in [4.69, 9.17) is 5.11 Å². The molecular formula is C21H20N4O4. The van der Waals surface area contributed by atoms with E-state index < -0.39 is 11.5 Å². The molecule has 8 nitrogen and oxygen atoms in total. The van der Waals surface area contributed by atoms with Crippen LogP contribution >= 0.6 is 0 Å². The molecule has 2 N–H and O–H groups in total. The van der Waals surface area contributed by atoms with Gasteiger partial charge in [0.2, 0.25) is 0 Å². The molecule has 3 rings (SSSR count). The number of aromatic nitrogens is 3. The van der Waals surface area contributed by atoms with Gasteiger partial charge >= 0.3 is 5.97 Å². The molecule has 0 radical (unpaired) electrons. The molecule has 8 heteroatoms. The number of carbonyl (C=O) groups is 2. The molecule has 0 saturated heterocycles. The Morgan fingerprint density at radius 1 is 1.14 bits per heavy atom. The van der Waals surface area contributed by atoms with Crippen LogP contribution in [0.5, 0.6) is 0 Å². The summed E-state index contributed by atoms with van der Waals surface area (Å²) in [6.07, 6.45) is 1.23. The lowest BCUT2D eigenvalue weighted by Crippen LogP contribution is -2.28. The molecular weight excluding hydrogens is 372 g/mol. The largest absolute Gasteiger partial charge is 0.481 e. The first-order valence-electron chi connectivity index (χ1n) is 9.06. The standard InChI is InChI=1S/C21H20N4O4/c1-3-25-21(29)20(23-16-10-9-15(22-12-16)11-17(27)28)18(13(2)26)19(24-25)14-7-5-4-6-8-14/h4-10,12,23H,3,11H2,1-2H3,(H,27,28). The van der Waals surface area contributed by atoms with E-state index in [0.29, 0.717) is 23.6 Å². The number of ketones is 1.